The number of nitrogens with one attached hydrogen (secondary N) is 1. The summed E-state index contributed by atoms with van der Waals surface area (Å²) in [5.41, 5.74) is 4.41. The highest BCUT2D eigenvalue weighted by atomic mass is 32.2. The third-order valence-electron chi connectivity index (χ3n) is 4.05. The topological polar surface area (TPSA) is 72.7 Å². The van der Waals surface area contributed by atoms with E-state index in [9.17, 15) is 4.79 Å². The molecule has 0 aliphatic heterocycles. The summed E-state index contributed by atoms with van der Waals surface area (Å²) in [6.07, 6.45) is 4.15. The van der Waals surface area contributed by atoms with Gasteiger partial charge in [0.15, 0.2) is 5.16 Å². The molecule has 134 valence electrons. The maximum Gasteiger partial charge on any atom is 0.230 e. The predicted molar refractivity (Wildman–Crippen MR) is 103 cm³/mol. The fourth-order valence-electron chi connectivity index (χ4n) is 2.43. The molecule has 0 atom stereocenters. The van der Waals surface area contributed by atoms with Crippen molar-refractivity contribution in [3.05, 3.63) is 65.7 Å². The number of hydrogen-bond donors (Lipinski definition) is 1. The Morgan fingerprint density at radius 1 is 1.19 bits per heavy atom. The van der Waals surface area contributed by atoms with Gasteiger partial charge < -0.3 is 5.32 Å². The highest BCUT2D eigenvalue weighted by Gasteiger charge is 2.10. The summed E-state index contributed by atoms with van der Waals surface area (Å²) in [7, 11) is 0. The van der Waals surface area contributed by atoms with Crippen LogP contribution in [-0.2, 0) is 11.2 Å². The van der Waals surface area contributed by atoms with Crippen LogP contribution in [0.2, 0.25) is 0 Å². The Morgan fingerprint density at radius 2 is 2.08 bits per heavy atom. The summed E-state index contributed by atoms with van der Waals surface area (Å²) in [6.45, 7) is 4.72. The predicted octanol–water partition coefficient (Wildman–Crippen LogP) is 2.73. The Kier molecular flexibility index (Phi) is 6.01. The number of amides is 1. The van der Waals surface area contributed by atoms with Crippen molar-refractivity contribution in [2.45, 2.75) is 25.4 Å². The molecular formula is C19H21N5OS. The first-order valence-corrected chi connectivity index (χ1v) is 9.39. The van der Waals surface area contributed by atoms with Gasteiger partial charge in [-0.3, -0.25) is 14.3 Å². The molecule has 6 nitrogen and oxygen atoms in total. The molecule has 1 amide bonds. The van der Waals surface area contributed by atoms with E-state index in [0.29, 0.717) is 17.5 Å². The Balaban J connectivity index is 1.53. The third-order valence-corrected chi connectivity index (χ3v) is 4.99. The normalized spacial score (nSPS) is 10.7. The van der Waals surface area contributed by atoms with Gasteiger partial charge in [-0.25, -0.2) is 0 Å². The second-order valence-corrected chi connectivity index (χ2v) is 6.90. The molecule has 0 fully saturated rings. The van der Waals surface area contributed by atoms with Crippen LogP contribution in [0.4, 0.5) is 0 Å². The summed E-state index contributed by atoms with van der Waals surface area (Å²) in [5, 5.41) is 11.7. The van der Waals surface area contributed by atoms with E-state index < -0.39 is 0 Å². The van der Waals surface area contributed by atoms with Gasteiger partial charge in [0.1, 0.15) is 6.33 Å². The van der Waals surface area contributed by atoms with Gasteiger partial charge in [-0.05, 0) is 49.2 Å². The second-order valence-electron chi connectivity index (χ2n) is 5.96. The molecule has 26 heavy (non-hydrogen) atoms. The average molecular weight is 367 g/mol. The Morgan fingerprint density at radius 3 is 2.85 bits per heavy atom. The van der Waals surface area contributed by atoms with Crippen LogP contribution in [0.25, 0.3) is 5.69 Å². The second kappa shape index (κ2) is 8.62. The summed E-state index contributed by atoms with van der Waals surface area (Å²) >= 11 is 1.37. The maximum atomic E-state index is 12.1. The van der Waals surface area contributed by atoms with Crippen molar-refractivity contribution in [3.63, 3.8) is 0 Å². The number of carbonyl (C=O) groups excluding carboxylic acids is 1. The van der Waals surface area contributed by atoms with Crippen molar-refractivity contribution in [1.82, 2.24) is 25.1 Å². The molecule has 2 heterocycles. The van der Waals surface area contributed by atoms with Crippen molar-refractivity contribution in [2.24, 2.45) is 0 Å². The molecule has 0 saturated heterocycles. The van der Waals surface area contributed by atoms with Crippen molar-refractivity contribution in [1.29, 1.82) is 0 Å². The van der Waals surface area contributed by atoms with Gasteiger partial charge in [-0.2, -0.15) is 0 Å². The molecular weight excluding hydrogens is 346 g/mol. The minimum Gasteiger partial charge on any atom is -0.355 e. The van der Waals surface area contributed by atoms with Crippen molar-refractivity contribution >= 4 is 17.7 Å². The van der Waals surface area contributed by atoms with Gasteiger partial charge >= 0.3 is 0 Å². The SMILES string of the molecule is Cc1ccc(-n2cnnc2SCC(=O)NCCc2ccccn2)cc1C. The molecule has 0 aliphatic carbocycles. The number of thioether (sulfide) groups is 1. The smallest absolute Gasteiger partial charge is 0.230 e. The average Bonchev–Trinajstić information content (AvgIpc) is 3.12. The number of nitrogens with zero attached hydrogens (tertiary/aromatic N) is 4. The zero-order valence-corrected chi connectivity index (χ0v) is 15.7. The lowest BCUT2D eigenvalue weighted by Gasteiger charge is -2.09. The third kappa shape index (κ3) is 4.70. The van der Waals surface area contributed by atoms with Gasteiger partial charge in [-0.15, -0.1) is 10.2 Å². The largest absolute Gasteiger partial charge is 0.355 e. The molecule has 1 aromatic carbocycles. The lowest BCUT2D eigenvalue weighted by molar-refractivity contribution is -0.118. The summed E-state index contributed by atoms with van der Waals surface area (Å²) in [5.74, 6) is 0.270. The van der Waals surface area contributed by atoms with Gasteiger partial charge in [0, 0.05) is 30.5 Å². The number of aromatic nitrogens is 4. The molecule has 3 aromatic rings. The fraction of sp³-hybridized carbons (Fsp3) is 0.263. The van der Waals surface area contributed by atoms with E-state index in [0.717, 1.165) is 17.8 Å². The summed E-state index contributed by atoms with van der Waals surface area (Å²) in [6, 6.07) is 12.0. The standard InChI is InChI=1S/C19H21N5OS/c1-14-6-7-17(11-15(14)2)24-13-22-23-19(24)26-12-18(25)21-10-8-16-5-3-4-9-20-16/h3-7,9,11,13H,8,10,12H2,1-2H3,(H,21,25). The Hall–Kier alpha value is -2.67. The van der Waals surface area contributed by atoms with E-state index in [1.54, 1.807) is 12.5 Å². The van der Waals surface area contributed by atoms with Crippen LogP contribution in [0.5, 0.6) is 0 Å². The molecule has 0 saturated carbocycles. The van der Waals surface area contributed by atoms with Gasteiger partial charge in [0.25, 0.3) is 0 Å². The molecule has 0 radical (unpaired) electrons. The summed E-state index contributed by atoms with van der Waals surface area (Å²) < 4.78 is 1.90. The van der Waals surface area contributed by atoms with E-state index >= 15 is 0 Å². The molecule has 0 bridgehead atoms. The van der Waals surface area contributed by atoms with Crippen LogP contribution in [0.3, 0.4) is 0 Å². The minimum absolute atomic E-state index is 0.0273. The van der Waals surface area contributed by atoms with E-state index in [-0.39, 0.29) is 5.91 Å². The molecule has 0 aliphatic rings. The molecule has 7 heteroatoms. The molecule has 2 aromatic heterocycles. The number of benzene rings is 1. The van der Waals surface area contributed by atoms with Gasteiger partial charge in [0.05, 0.1) is 5.75 Å². The number of aryl methyl sites for hydroxylation is 2. The zero-order valence-electron chi connectivity index (χ0n) is 14.8. The van der Waals surface area contributed by atoms with Crippen LogP contribution in [0.1, 0.15) is 16.8 Å². The fourth-order valence-corrected chi connectivity index (χ4v) is 3.19. The lowest BCUT2D eigenvalue weighted by atomic mass is 10.1. The van der Waals surface area contributed by atoms with Crippen LogP contribution in [-0.4, -0.2) is 38.0 Å². The molecule has 0 spiro atoms. The van der Waals surface area contributed by atoms with E-state index in [4.69, 9.17) is 0 Å². The van der Waals surface area contributed by atoms with E-state index in [2.05, 4.69) is 46.5 Å². The molecule has 0 unspecified atom stereocenters. The number of hydrogen-bond acceptors (Lipinski definition) is 5. The van der Waals surface area contributed by atoms with Crippen molar-refractivity contribution in [2.75, 3.05) is 12.3 Å². The highest BCUT2D eigenvalue weighted by Crippen LogP contribution is 2.21. The van der Waals surface area contributed by atoms with Crippen LogP contribution in [0, 0.1) is 13.8 Å². The van der Waals surface area contributed by atoms with E-state index in [1.807, 2.05) is 28.8 Å². The zero-order chi connectivity index (χ0) is 18.4. The summed E-state index contributed by atoms with van der Waals surface area (Å²) in [4.78, 5) is 16.3. The van der Waals surface area contributed by atoms with Crippen molar-refractivity contribution in [3.8, 4) is 5.69 Å². The van der Waals surface area contributed by atoms with E-state index in [1.165, 1.54) is 22.9 Å². The van der Waals surface area contributed by atoms with Crippen LogP contribution < -0.4 is 5.32 Å². The van der Waals surface area contributed by atoms with Crippen molar-refractivity contribution < 1.29 is 4.79 Å². The van der Waals surface area contributed by atoms with Crippen LogP contribution >= 0.6 is 11.8 Å². The Labute approximate surface area is 157 Å². The number of pyridine rings is 1. The van der Waals surface area contributed by atoms with Gasteiger partial charge in [0.2, 0.25) is 5.91 Å². The van der Waals surface area contributed by atoms with Gasteiger partial charge in [-0.1, -0.05) is 23.9 Å². The Bertz CT molecular complexity index is 879. The lowest BCUT2D eigenvalue weighted by Crippen LogP contribution is -2.27. The quantitative estimate of drug-likeness (QED) is 0.650. The molecule has 1 N–H and O–H groups in total. The van der Waals surface area contributed by atoms with Crippen LogP contribution in [0.15, 0.2) is 54.1 Å². The first-order valence-electron chi connectivity index (χ1n) is 8.40. The number of carbonyl (C=O) groups is 1. The molecule has 3 rings (SSSR count). The number of rotatable bonds is 7. The first kappa shape index (κ1) is 18.1. The first-order chi connectivity index (χ1) is 12.6. The highest BCUT2D eigenvalue weighted by molar-refractivity contribution is 7.99. The minimum atomic E-state index is -0.0273. The monoisotopic (exact) mass is 367 g/mol. The maximum absolute atomic E-state index is 12.1.